The number of thiol groups is 1. The summed E-state index contributed by atoms with van der Waals surface area (Å²) in [6.07, 6.45) is 0. The number of nitrogens with one attached hydrogen (secondary N) is 2. The topological polar surface area (TPSA) is 41.1 Å². The first-order valence-corrected chi connectivity index (χ1v) is 6.29. The predicted octanol–water partition coefficient (Wildman–Crippen LogP) is -1.01. The highest BCUT2D eigenvalue weighted by molar-refractivity contribution is 8.01. The first-order chi connectivity index (χ1) is 5.23. The molecule has 0 saturated carbocycles. The first kappa shape index (κ1) is 7.71. The molecule has 2 N–H and O–H groups in total. The van der Waals surface area contributed by atoms with Gasteiger partial charge in [-0.15, -0.1) is 0 Å². The minimum absolute atomic E-state index is 0.688. The van der Waals surface area contributed by atoms with E-state index in [1.165, 1.54) is 0 Å². The van der Waals surface area contributed by atoms with Crippen molar-refractivity contribution in [3.05, 3.63) is 0 Å². The van der Waals surface area contributed by atoms with Crippen LogP contribution in [0.5, 0.6) is 0 Å². The minimum Gasteiger partial charge on any atom is -0.316 e. The van der Waals surface area contributed by atoms with Crippen LogP contribution in [0.4, 0.5) is 0 Å². The Morgan fingerprint density at radius 3 is 2.36 bits per heavy atom. The van der Waals surface area contributed by atoms with Gasteiger partial charge in [0.2, 0.25) is 0 Å². The lowest BCUT2D eigenvalue weighted by molar-refractivity contribution is 0.533. The fourth-order valence-electron chi connectivity index (χ4n) is 2.23. The van der Waals surface area contributed by atoms with Crippen LogP contribution >= 0.6 is 0 Å². The van der Waals surface area contributed by atoms with Gasteiger partial charge in [-0.2, -0.15) is 0 Å². The Labute approximate surface area is 68.5 Å². The second kappa shape index (κ2) is 2.54. The normalized spacial score (nSPS) is 43.7. The quantitative estimate of drug-likeness (QED) is 0.448. The molecule has 4 heteroatoms. The van der Waals surface area contributed by atoms with Gasteiger partial charge in [-0.05, 0) is 32.0 Å². The van der Waals surface area contributed by atoms with Gasteiger partial charge in [0.25, 0.3) is 0 Å². The van der Waals surface area contributed by atoms with Crippen molar-refractivity contribution in [1.82, 2.24) is 10.0 Å². The van der Waals surface area contributed by atoms with Crippen LogP contribution in [0.15, 0.2) is 0 Å². The van der Waals surface area contributed by atoms with Gasteiger partial charge in [-0.25, -0.2) is 0 Å². The van der Waals surface area contributed by atoms with Gasteiger partial charge in [0, 0.05) is 11.5 Å². The maximum absolute atomic E-state index is 11.9. The molecule has 11 heavy (non-hydrogen) atoms. The summed E-state index contributed by atoms with van der Waals surface area (Å²) in [5.41, 5.74) is 0. The van der Waals surface area contributed by atoms with E-state index in [9.17, 15) is 4.21 Å². The largest absolute Gasteiger partial charge is 0.316 e. The van der Waals surface area contributed by atoms with Crippen LogP contribution in [0, 0.1) is 11.8 Å². The second-order valence-corrected chi connectivity index (χ2v) is 6.61. The predicted molar refractivity (Wildman–Crippen MR) is 48.2 cm³/mol. The fourth-order valence-corrected chi connectivity index (χ4v) is 5.11. The van der Waals surface area contributed by atoms with Crippen molar-refractivity contribution in [2.75, 3.05) is 31.6 Å². The Balaban J connectivity index is 2.10. The average Bonchev–Trinajstić information content (AvgIpc) is 2.46. The number of rotatable bonds is 1. The summed E-state index contributed by atoms with van der Waals surface area (Å²) in [6.45, 7) is 2.16. The Kier molecular flexibility index (Phi) is 1.78. The van der Waals surface area contributed by atoms with E-state index in [1.54, 1.807) is 0 Å². The van der Waals surface area contributed by atoms with Crippen molar-refractivity contribution in [1.29, 1.82) is 0 Å². The number of hydrogen-bond donors (Lipinski definition) is 3. The van der Waals surface area contributed by atoms with Crippen LogP contribution in [-0.4, -0.2) is 35.9 Å². The van der Waals surface area contributed by atoms with Gasteiger partial charge < -0.3 is 5.32 Å². The molecule has 2 aliphatic heterocycles. The van der Waals surface area contributed by atoms with Crippen molar-refractivity contribution >= 4 is 10.1 Å². The molecule has 0 aromatic carbocycles. The summed E-state index contributed by atoms with van der Waals surface area (Å²) in [4.78, 5) is 0. The van der Waals surface area contributed by atoms with Gasteiger partial charge in [0.05, 0.1) is 0 Å². The van der Waals surface area contributed by atoms with E-state index in [4.69, 9.17) is 0 Å². The molecule has 2 saturated heterocycles. The van der Waals surface area contributed by atoms with Crippen molar-refractivity contribution in [3.8, 4) is 0 Å². The zero-order valence-corrected chi connectivity index (χ0v) is 7.73. The van der Waals surface area contributed by atoms with Crippen molar-refractivity contribution in [2.45, 2.75) is 0 Å². The van der Waals surface area contributed by atoms with E-state index in [1.807, 2.05) is 7.05 Å². The summed E-state index contributed by atoms with van der Waals surface area (Å²) >= 11 is 0. The molecule has 2 unspecified atom stereocenters. The zero-order chi connectivity index (χ0) is 7.90. The van der Waals surface area contributed by atoms with Gasteiger partial charge in [0.1, 0.15) is 0 Å². The standard InChI is InChI=1S/C7H16N2OS/c1-8-11(10)4-6-2-9-3-7(6)5-11/h6-7,9,11H,2-5H2,1H3,(H,8,10). The molecule has 2 fully saturated rings. The van der Waals surface area contributed by atoms with Gasteiger partial charge in [-0.3, -0.25) is 8.93 Å². The minimum atomic E-state index is -1.92. The van der Waals surface area contributed by atoms with Crippen LogP contribution in [-0.2, 0) is 10.1 Å². The van der Waals surface area contributed by atoms with E-state index in [2.05, 4.69) is 10.0 Å². The SMILES string of the molecule is CN[SH]1(=O)CC2CNCC2C1. The average molecular weight is 176 g/mol. The highest BCUT2D eigenvalue weighted by atomic mass is 32.3. The van der Waals surface area contributed by atoms with Gasteiger partial charge >= 0.3 is 0 Å². The van der Waals surface area contributed by atoms with Crippen molar-refractivity contribution in [3.63, 3.8) is 0 Å². The molecule has 3 nitrogen and oxygen atoms in total. The molecule has 66 valence electrons. The molecular formula is C7H16N2OS. The van der Waals surface area contributed by atoms with Gasteiger partial charge in [-0.1, -0.05) is 10.1 Å². The van der Waals surface area contributed by atoms with Crippen LogP contribution in [0.25, 0.3) is 0 Å². The van der Waals surface area contributed by atoms with Crippen LogP contribution in [0.2, 0.25) is 0 Å². The zero-order valence-electron chi connectivity index (χ0n) is 6.84. The lowest BCUT2D eigenvalue weighted by Crippen LogP contribution is -2.32. The highest BCUT2D eigenvalue weighted by Gasteiger charge is 2.39. The molecule has 0 aromatic rings. The fraction of sp³-hybridized carbons (Fsp3) is 1.00. The Hall–Kier alpha value is 0.0700. The third-order valence-electron chi connectivity index (χ3n) is 2.95. The molecule has 2 aliphatic rings. The molecular weight excluding hydrogens is 160 g/mol. The molecule has 2 atom stereocenters. The second-order valence-electron chi connectivity index (χ2n) is 3.66. The maximum atomic E-state index is 11.9. The van der Waals surface area contributed by atoms with E-state index >= 15 is 0 Å². The Morgan fingerprint density at radius 2 is 1.91 bits per heavy atom. The van der Waals surface area contributed by atoms with E-state index in [-0.39, 0.29) is 0 Å². The van der Waals surface area contributed by atoms with Crippen LogP contribution < -0.4 is 10.0 Å². The molecule has 0 spiro atoms. The Bertz CT molecular complexity index is 191. The summed E-state index contributed by atoms with van der Waals surface area (Å²) < 4.78 is 14.9. The molecule has 0 bridgehead atoms. The summed E-state index contributed by atoms with van der Waals surface area (Å²) in [7, 11) is -0.0898. The first-order valence-electron chi connectivity index (χ1n) is 4.21. The van der Waals surface area contributed by atoms with E-state index in [0.29, 0.717) is 11.8 Å². The smallest absolute Gasteiger partial charge is 0.0172 e. The molecule has 0 aromatic heterocycles. The lowest BCUT2D eigenvalue weighted by atomic mass is 10.0. The van der Waals surface area contributed by atoms with E-state index in [0.717, 1.165) is 24.6 Å². The highest BCUT2D eigenvalue weighted by Crippen LogP contribution is 2.30. The third kappa shape index (κ3) is 1.23. The van der Waals surface area contributed by atoms with Crippen molar-refractivity contribution < 1.29 is 4.21 Å². The third-order valence-corrected chi connectivity index (χ3v) is 5.88. The number of fused-ring (bicyclic) bond motifs is 1. The lowest BCUT2D eigenvalue weighted by Gasteiger charge is -2.17. The van der Waals surface area contributed by atoms with Crippen molar-refractivity contribution in [2.24, 2.45) is 11.8 Å². The molecule has 0 aliphatic carbocycles. The molecule has 0 amide bonds. The monoisotopic (exact) mass is 176 g/mol. The maximum Gasteiger partial charge on any atom is 0.0172 e. The summed E-state index contributed by atoms with van der Waals surface area (Å²) in [5.74, 6) is 3.21. The van der Waals surface area contributed by atoms with E-state index < -0.39 is 10.1 Å². The molecule has 2 heterocycles. The molecule has 2 rings (SSSR count). The van der Waals surface area contributed by atoms with Crippen LogP contribution in [0.3, 0.4) is 0 Å². The van der Waals surface area contributed by atoms with Crippen LogP contribution in [0.1, 0.15) is 0 Å². The van der Waals surface area contributed by atoms with Gasteiger partial charge in [0.15, 0.2) is 0 Å². The summed E-state index contributed by atoms with van der Waals surface area (Å²) in [5, 5.41) is 3.34. The summed E-state index contributed by atoms with van der Waals surface area (Å²) in [6, 6.07) is 0. The number of hydrogen-bond acceptors (Lipinski definition) is 2. The molecule has 0 radical (unpaired) electrons. The Morgan fingerprint density at radius 1 is 1.36 bits per heavy atom.